The van der Waals surface area contributed by atoms with Gasteiger partial charge in [-0.25, -0.2) is 4.98 Å². The lowest BCUT2D eigenvalue weighted by Crippen LogP contribution is -2.28. The van der Waals surface area contributed by atoms with Gasteiger partial charge in [-0.2, -0.15) is 0 Å². The standard InChI is InChI=1S/C9H11N3O3/c1-5-10-7(3-8(14)11-5)12-4-6(13)2-9(12)15/h3,6,13H,2,4H2,1H3,(H,10,11,14). The number of nitrogens with one attached hydrogen (secondary N) is 1. The molecule has 1 aliphatic rings. The Kier molecular flexibility index (Phi) is 2.28. The number of hydrogen-bond donors (Lipinski definition) is 2. The molecule has 1 atom stereocenters. The Morgan fingerprint density at radius 3 is 2.87 bits per heavy atom. The van der Waals surface area contributed by atoms with Crippen LogP contribution in [0, 0.1) is 6.92 Å². The van der Waals surface area contributed by atoms with Crippen molar-refractivity contribution in [2.24, 2.45) is 0 Å². The van der Waals surface area contributed by atoms with Crippen molar-refractivity contribution in [2.75, 3.05) is 11.4 Å². The van der Waals surface area contributed by atoms with Gasteiger partial charge in [0.1, 0.15) is 11.6 Å². The van der Waals surface area contributed by atoms with E-state index in [1.165, 1.54) is 11.0 Å². The van der Waals surface area contributed by atoms with Gasteiger partial charge in [0.25, 0.3) is 5.56 Å². The number of aliphatic hydroxyl groups is 1. The van der Waals surface area contributed by atoms with Gasteiger partial charge >= 0.3 is 0 Å². The number of anilines is 1. The minimum atomic E-state index is -0.668. The lowest BCUT2D eigenvalue weighted by Gasteiger charge is -2.14. The first-order chi connectivity index (χ1) is 7.06. The van der Waals surface area contributed by atoms with E-state index in [0.717, 1.165) is 0 Å². The van der Waals surface area contributed by atoms with Gasteiger partial charge in [-0.05, 0) is 6.92 Å². The van der Waals surface area contributed by atoms with Crippen molar-refractivity contribution in [3.05, 3.63) is 22.2 Å². The summed E-state index contributed by atoms with van der Waals surface area (Å²) in [6.07, 6.45) is -0.577. The van der Waals surface area contributed by atoms with Crippen LogP contribution in [-0.4, -0.2) is 33.6 Å². The Morgan fingerprint density at radius 2 is 2.33 bits per heavy atom. The highest BCUT2D eigenvalue weighted by Crippen LogP contribution is 2.17. The van der Waals surface area contributed by atoms with E-state index in [1.807, 2.05) is 0 Å². The van der Waals surface area contributed by atoms with Crippen LogP contribution in [-0.2, 0) is 4.79 Å². The van der Waals surface area contributed by atoms with E-state index < -0.39 is 6.10 Å². The number of aromatic amines is 1. The second kappa shape index (κ2) is 3.47. The fourth-order valence-corrected chi connectivity index (χ4v) is 1.61. The topological polar surface area (TPSA) is 86.3 Å². The molecule has 1 aromatic heterocycles. The third-order valence-electron chi connectivity index (χ3n) is 2.23. The minimum absolute atomic E-state index is 0.0908. The first-order valence-corrected chi connectivity index (χ1v) is 4.62. The van der Waals surface area contributed by atoms with E-state index in [-0.39, 0.29) is 24.4 Å². The normalized spacial score (nSPS) is 21.1. The number of β-amino-alcohol motifs (C(OH)–C–C–N with tert-alkyl or cyclic N) is 1. The van der Waals surface area contributed by atoms with Crippen molar-refractivity contribution < 1.29 is 9.90 Å². The second-order valence-corrected chi connectivity index (χ2v) is 3.55. The highest BCUT2D eigenvalue weighted by Gasteiger charge is 2.30. The highest BCUT2D eigenvalue weighted by molar-refractivity contribution is 5.95. The third kappa shape index (κ3) is 1.89. The molecule has 0 bridgehead atoms. The number of carbonyl (C=O) groups is 1. The number of aliphatic hydroxyl groups excluding tert-OH is 1. The summed E-state index contributed by atoms with van der Waals surface area (Å²) in [5.74, 6) is 0.546. The van der Waals surface area contributed by atoms with Gasteiger partial charge < -0.3 is 10.1 Å². The number of nitrogens with zero attached hydrogens (tertiary/aromatic N) is 2. The first-order valence-electron chi connectivity index (χ1n) is 4.62. The van der Waals surface area contributed by atoms with Crippen molar-refractivity contribution >= 4 is 11.7 Å². The zero-order valence-electron chi connectivity index (χ0n) is 8.23. The Morgan fingerprint density at radius 1 is 1.60 bits per heavy atom. The fourth-order valence-electron chi connectivity index (χ4n) is 1.61. The summed E-state index contributed by atoms with van der Waals surface area (Å²) in [4.78, 5) is 30.4. The quantitative estimate of drug-likeness (QED) is 0.632. The van der Waals surface area contributed by atoms with Gasteiger partial charge in [-0.15, -0.1) is 0 Å². The molecular formula is C9H11N3O3. The summed E-state index contributed by atoms with van der Waals surface area (Å²) in [7, 11) is 0. The molecule has 80 valence electrons. The molecular weight excluding hydrogens is 198 g/mol. The molecule has 1 aliphatic heterocycles. The van der Waals surface area contributed by atoms with Gasteiger partial charge in [-0.1, -0.05) is 0 Å². The summed E-state index contributed by atoms with van der Waals surface area (Å²) in [5.41, 5.74) is -0.299. The van der Waals surface area contributed by atoms with E-state index in [9.17, 15) is 14.7 Å². The van der Waals surface area contributed by atoms with Gasteiger partial charge in [0.05, 0.1) is 19.1 Å². The van der Waals surface area contributed by atoms with Gasteiger partial charge in [0, 0.05) is 6.07 Å². The van der Waals surface area contributed by atoms with Crippen molar-refractivity contribution in [1.29, 1.82) is 0 Å². The van der Waals surface area contributed by atoms with E-state index in [0.29, 0.717) is 11.6 Å². The minimum Gasteiger partial charge on any atom is -0.391 e. The van der Waals surface area contributed by atoms with E-state index in [4.69, 9.17) is 0 Å². The average Bonchev–Trinajstić information content (AvgIpc) is 2.43. The Balaban J connectivity index is 2.37. The van der Waals surface area contributed by atoms with Crippen LogP contribution in [0.5, 0.6) is 0 Å². The second-order valence-electron chi connectivity index (χ2n) is 3.55. The van der Waals surface area contributed by atoms with Crippen molar-refractivity contribution in [3.63, 3.8) is 0 Å². The number of H-pyrrole nitrogens is 1. The molecule has 6 nitrogen and oxygen atoms in total. The molecule has 1 aromatic rings. The molecule has 1 unspecified atom stereocenters. The molecule has 0 aromatic carbocycles. The van der Waals surface area contributed by atoms with E-state index in [2.05, 4.69) is 9.97 Å². The summed E-state index contributed by atoms with van der Waals surface area (Å²) in [5, 5.41) is 9.29. The molecule has 1 amide bonds. The molecule has 0 radical (unpaired) electrons. The maximum Gasteiger partial charge on any atom is 0.252 e. The number of aromatic nitrogens is 2. The van der Waals surface area contributed by atoms with Crippen LogP contribution < -0.4 is 10.5 Å². The fraction of sp³-hybridized carbons (Fsp3) is 0.444. The average molecular weight is 209 g/mol. The van der Waals surface area contributed by atoms with Crippen LogP contribution >= 0.6 is 0 Å². The molecule has 2 N–H and O–H groups in total. The van der Waals surface area contributed by atoms with Gasteiger partial charge in [0.2, 0.25) is 5.91 Å². The molecule has 0 spiro atoms. The largest absolute Gasteiger partial charge is 0.391 e. The summed E-state index contributed by atoms with van der Waals surface area (Å²) >= 11 is 0. The van der Waals surface area contributed by atoms with Gasteiger partial charge in [-0.3, -0.25) is 14.5 Å². The number of hydrogen-bond acceptors (Lipinski definition) is 4. The number of carbonyl (C=O) groups excluding carboxylic acids is 1. The monoisotopic (exact) mass is 209 g/mol. The molecule has 2 rings (SSSR count). The van der Waals surface area contributed by atoms with Crippen LogP contribution in [0.2, 0.25) is 0 Å². The van der Waals surface area contributed by atoms with Crippen molar-refractivity contribution in [1.82, 2.24) is 9.97 Å². The van der Waals surface area contributed by atoms with E-state index in [1.54, 1.807) is 6.92 Å². The summed E-state index contributed by atoms with van der Waals surface area (Å²) in [6.45, 7) is 1.84. The van der Waals surface area contributed by atoms with E-state index >= 15 is 0 Å². The van der Waals surface area contributed by atoms with Crippen LogP contribution in [0.15, 0.2) is 10.9 Å². The van der Waals surface area contributed by atoms with Crippen LogP contribution in [0.4, 0.5) is 5.82 Å². The zero-order chi connectivity index (χ0) is 11.0. The maximum absolute atomic E-state index is 11.4. The van der Waals surface area contributed by atoms with Crippen molar-refractivity contribution in [3.8, 4) is 0 Å². The van der Waals surface area contributed by atoms with Crippen LogP contribution in [0.3, 0.4) is 0 Å². The smallest absolute Gasteiger partial charge is 0.252 e. The molecule has 6 heteroatoms. The molecule has 15 heavy (non-hydrogen) atoms. The number of amides is 1. The van der Waals surface area contributed by atoms with Gasteiger partial charge in [0.15, 0.2) is 0 Å². The Bertz CT molecular complexity index is 454. The predicted molar refractivity (Wildman–Crippen MR) is 52.6 cm³/mol. The van der Waals surface area contributed by atoms with Crippen LogP contribution in [0.1, 0.15) is 12.2 Å². The van der Waals surface area contributed by atoms with Crippen LogP contribution in [0.25, 0.3) is 0 Å². The number of rotatable bonds is 1. The lowest BCUT2D eigenvalue weighted by molar-refractivity contribution is -0.117. The number of aryl methyl sites for hydroxylation is 1. The lowest BCUT2D eigenvalue weighted by atomic mass is 10.3. The molecule has 2 heterocycles. The third-order valence-corrected chi connectivity index (χ3v) is 2.23. The first kappa shape index (κ1) is 9.85. The summed E-state index contributed by atoms with van der Waals surface area (Å²) < 4.78 is 0. The SMILES string of the molecule is Cc1nc(N2CC(O)CC2=O)cc(=O)[nH]1. The van der Waals surface area contributed by atoms with Crippen molar-refractivity contribution in [2.45, 2.75) is 19.4 Å². The maximum atomic E-state index is 11.4. The summed E-state index contributed by atoms with van der Waals surface area (Å²) in [6, 6.07) is 1.25. The highest BCUT2D eigenvalue weighted by atomic mass is 16.3. The molecule has 0 aliphatic carbocycles. The molecule has 0 saturated carbocycles. The predicted octanol–water partition coefficient (Wildman–Crippen LogP) is -0.824. The molecule has 1 fully saturated rings. The molecule has 1 saturated heterocycles. The Labute approximate surface area is 85.6 Å². The Hall–Kier alpha value is -1.69. The zero-order valence-corrected chi connectivity index (χ0v) is 8.23.